The van der Waals surface area contributed by atoms with Gasteiger partial charge in [0.05, 0.1) is 37.0 Å². The van der Waals surface area contributed by atoms with E-state index in [9.17, 15) is 5.11 Å². The van der Waals surface area contributed by atoms with E-state index < -0.39 is 6.10 Å². The van der Waals surface area contributed by atoms with Gasteiger partial charge in [0.1, 0.15) is 0 Å². The van der Waals surface area contributed by atoms with Gasteiger partial charge < -0.3 is 14.4 Å². The van der Waals surface area contributed by atoms with Crippen molar-refractivity contribution in [2.75, 3.05) is 13.2 Å². The van der Waals surface area contributed by atoms with Gasteiger partial charge in [-0.2, -0.15) is 0 Å². The Hall–Kier alpha value is -1.65. The molecule has 3 atom stereocenters. The van der Waals surface area contributed by atoms with Gasteiger partial charge in [0.2, 0.25) is 0 Å². The van der Waals surface area contributed by atoms with Crippen molar-refractivity contribution < 1.29 is 9.84 Å². The van der Waals surface area contributed by atoms with Crippen molar-refractivity contribution in [3.05, 3.63) is 42.4 Å². The molecule has 1 fully saturated rings. The van der Waals surface area contributed by atoms with Crippen molar-refractivity contribution >= 4 is 0 Å². The first-order valence-electron chi connectivity index (χ1n) is 6.73. The summed E-state index contributed by atoms with van der Waals surface area (Å²) >= 11 is 0. The number of rotatable bonds is 1. The van der Waals surface area contributed by atoms with Crippen LogP contribution >= 0.6 is 0 Å². The molecule has 0 aliphatic carbocycles. The molecule has 3 heterocycles. The van der Waals surface area contributed by atoms with Crippen LogP contribution in [0.3, 0.4) is 0 Å². The van der Waals surface area contributed by atoms with Crippen molar-refractivity contribution in [3.63, 3.8) is 0 Å². The second-order valence-corrected chi connectivity index (χ2v) is 5.31. The van der Waals surface area contributed by atoms with Crippen LogP contribution in [0.4, 0.5) is 0 Å². The maximum atomic E-state index is 10.3. The van der Waals surface area contributed by atoms with Gasteiger partial charge in [-0.05, 0) is 12.0 Å². The van der Waals surface area contributed by atoms with E-state index >= 15 is 0 Å². The van der Waals surface area contributed by atoms with Crippen LogP contribution in [0, 0.1) is 5.92 Å². The van der Waals surface area contributed by atoms with Crippen LogP contribution in [0.1, 0.15) is 18.0 Å². The summed E-state index contributed by atoms with van der Waals surface area (Å²) in [5, 5.41) is 10.3. The molecule has 4 nitrogen and oxygen atoms in total. The van der Waals surface area contributed by atoms with Gasteiger partial charge in [0.15, 0.2) is 0 Å². The molecule has 1 saturated heterocycles. The van der Waals surface area contributed by atoms with Crippen LogP contribution in [0.25, 0.3) is 11.3 Å². The van der Waals surface area contributed by atoms with Crippen LogP contribution in [0.15, 0.2) is 36.8 Å². The first-order chi connectivity index (χ1) is 9.36. The Bertz CT molecular complexity index is 608. The lowest BCUT2D eigenvalue weighted by Crippen LogP contribution is -2.37. The maximum Gasteiger partial charge on any atom is 0.0956 e. The second-order valence-electron chi connectivity index (χ2n) is 5.31. The Morgan fingerprint density at radius 1 is 1.32 bits per heavy atom. The summed E-state index contributed by atoms with van der Waals surface area (Å²) in [4.78, 5) is 4.26. The highest BCUT2D eigenvalue weighted by Gasteiger charge is 2.38. The molecule has 0 saturated carbocycles. The molecule has 98 valence electrons. The summed E-state index contributed by atoms with van der Waals surface area (Å²) in [7, 11) is 0. The van der Waals surface area contributed by atoms with Gasteiger partial charge in [-0.25, -0.2) is 4.98 Å². The third-order valence-corrected chi connectivity index (χ3v) is 4.31. The Balaban J connectivity index is 1.84. The zero-order valence-corrected chi connectivity index (χ0v) is 10.6. The van der Waals surface area contributed by atoms with E-state index in [1.54, 1.807) is 0 Å². The Kier molecular flexibility index (Phi) is 2.47. The number of aromatic nitrogens is 2. The summed E-state index contributed by atoms with van der Waals surface area (Å²) in [6, 6.07) is 8.60. The highest BCUT2D eigenvalue weighted by Crippen LogP contribution is 2.45. The van der Waals surface area contributed by atoms with Gasteiger partial charge in [-0.1, -0.05) is 24.3 Å². The number of hydrogen-bond donors (Lipinski definition) is 1. The molecule has 2 aromatic rings. The topological polar surface area (TPSA) is 47.3 Å². The van der Waals surface area contributed by atoms with Crippen molar-refractivity contribution in [2.45, 2.75) is 18.6 Å². The first kappa shape index (κ1) is 11.2. The van der Waals surface area contributed by atoms with E-state index in [2.05, 4.69) is 33.8 Å². The zero-order valence-electron chi connectivity index (χ0n) is 10.6. The van der Waals surface area contributed by atoms with Crippen LogP contribution in [0.2, 0.25) is 0 Å². The summed E-state index contributed by atoms with van der Waals surface area (Å²) in [5.74, 6) is 0.199. The second kappa shape index (κ2) is 4.18. The molecule has 2 aliphatic rings. The standard InChI is InChI=1S/C15H16N2O2/c18-14-8-19-6-5-12(14)15-11-4-2-1-3-10(11)13-7-16-9-17(13)15/h1-4,7,9,12,14-15,18H,5-6,8H2/t12-,14-,15-/m0/s1. The van der Waals surface area contributed by atoms with E-state index in [4.69, 9.17) is 4.74 Å². The molecule has 0 bridgehead atoms. The number of benzene rings is 1. The summed E-state index contributed by atoms with van der Waals surface area (Å²) in [5.41, 5.74) is 3.69. The van der Waals surface area contributed by atoms with Crippen molar-refractivity contribution in [2.24, 2.45) is 5.92 Å². The van der Waals surface area contributed by atoms with Crippen LogP contribution in [-0.2, 0) is 4.74 Å². The largest absolute Gasteiger partial charge is 0.390 e. The van der Waals surface area contributed by atoms with Crippen LogP contribution in [-0.4, -0.2) is 34.0 Å². The monoisotopic (exact) mass is 256 g/mol. The minimum Gasteiger partial charge on any atom is -0.390 e. The van der Waals surface area contributed by atoms with E-state index in [-0.39, 0.29) is 12.0 Å². The molecule has 1 aromatic carbocycles. The number of nitrogens with zero attached hydrogens (tertiary/aromatic N) is 2. The van der Waals surface area contributed by atoms with Crippen LogP contribution < -0.4 is 0 Å². The number of ether oxygens (including phenoxy) is 1. The fourth-order valence-corrected chi connectivity index (χ4v) is 3.42. The molecule has 1 aromatic heterocycles. The normalized spacial score (nSPS) is 29.0. The molecule has 1 N–H and O–H groups in total. The minimum absolute atomic E-state index is 0.188. The fraction of sp³-hybridized carbons (Fsp3) is 0.400. The number of aliphatic hydroxyl groups excluding tert-OH is 1. The third-order valence-electron chi connectivity index (χ3n) is 4.31. The number of imidazole rings is 1. The Morgan fingerprint density at radius 3 is 3.11 bits per heavy atom. The maximum absolute atomic E-state index is 10.3. The quantitative estimate of drug-likeness (QED) is 0.847. The molecular formula is C15H16N2O2. The lowest BCUT2D eigenvalue weighted by atomic mass is 9.85. The van der Waals surface area contributed by atoms with Gasteiger partial charge in [0, 0.05) is 18.1 Å². The van der Waals surface area contributed by atoms with Gasteiger partial charge in [-0.15, -0.1) is 0 Å². The Morgan fingerprint density at radius 2 is 2.21 bits per heavy atom. The summed E-state index contributed by atoms with van der Waals surface area (Å²) in [6.45, 7) is 1.16. The van der Waals surface area contributed by atoms with Gasteiger partial charge in [-0.3, -0.25) is 0 Å². The molecule has 0 unspecified atom stereocenters. The predicted molar refractivity (Wildman–Crippen MR) is 70.7 cm³/mol. The van der Waals surface area contributed by atoms with Crippen LogP contribution in [0.5, 0.6) is 0 Å². The van der Waals surface area contributed by atoms with Crippen molar-refractivity contribution in [1.29, 1.82) is 0 Å². The average Bonchev–Trinajstić information content (AvgIpc) is 3.00. The van der Waals surface area contributed by atoms with E-state index in [1.807, 2.05) is 12.5 Å². The van der Waals surface area contributed by atoms with E-state index in [1.165, 1.54) is 11.1 Å². The fourth-order valence-electron chi connectivity index (χ4n) is 3.42. The number of hydrogen-bond acceptors (Lipinski definition) is 3. The lowest BCUT2D eigenvalue weighted by molar-refractivity contribution is -0.0540. The highest BCUT2D eigenvalue weighted by molar-refractivity contribution is 5.69. The lowest BCUT2D eigenvalue weighted by Gasteiger charge is -2.33. The molecular weight excluding hydrogens is 240 g/mol. The molecule has 0 spiro atoms. The first-order valence-corrected chi connectivity index (χ1v) is 6.73. The smallest absolute Gasteiger partial charge is 0.0956 e. The average molecular weight is 256 g/mol. The summed E-state index contributed by atoms with van der Waals surface area (Å²) in [6.07, 6.45) is 4.27. The van der Waals surface area contributed by atoms with Gasteiger partial charge >= 0.3 is 0 Å². The zero-order chi connectivity index (χ0) is 12.8. The molecule has 0 amide bonds. The molecule has 2 aliphatic heterocycles. The Labute approximate surface area is 111 Å². The molecule has 0 radical (unpaired) electrons. The van der Waals surface area contributed by atoms with Crippen molar-refractivity contribution in [1.82, 2.24) is 9.55 Å². The van der Waals surface area contributed by atoms with E-state index in [0.717, 1.165) is 18.7 Å². The number of fused-ring (bicyclic) bond motifs is 3. The van der Waals surface area contributed by atoms with Gasteiger partial charge in [0.25, 0.3) is 0 Å². The SMILES string of the molecule is O[C@H]1COCC[C@@H]1[C@@H]1c2ccccc2-c2cncn21. The summed E-state index contributed by atoms with van der Waals surface area (Å²) < 4.78 is 7.55. The molecule has 19 heavy (non-hydrogen) atoms. The third kappa shape index (κ3) is 1.57. The van der Waals surface area contributed by atoms with E-state index in [0.29, 0.717) is 6.61 Å². The molecule has 4 heteroatoms. The number of aliphatic hydroxyl groups is 1. The van der Waals surface area contributed by atoms with Crippen molar-refractivity contribution in [3.8, 4) is 11.3 Å². The minimum atomic E-state index is -0.403. The molecule has 4 rings (SSSR count). The predicted octanol–water partition coefficient (Wildman–Crippen LogP) is 1.85. The highest BCUT2D eigenvalue weighted by atomic mass is 16.5.